The first-order chi connectivity index (χ1) is 10.6. The summed E-state index contributed by atoms with van der Waals surface area (Å²) in [5, 5.41) is 18.9. The van der Waals surface area contributed by atoms with Gasteiger partial charge in [0, 0.05) is 18.2 Å². The number of carbonyl (C=O) groups excluding carboxylic acids is 1. The molecular formula is C17H18N2O3. The van der Waals surface area contributed by atoms with Crippen LogP contribution in [0.5, 0.6) is 11.5 Å². The van der Waals surface area contributed by atoms with Crippen LogP contribution in [0.4, 0.5) is 0 Å². The number of phenols is 2. The van der Waals surface area contributed by atoms with Gasteiger partial charge < -0.3 is 15.6 Å². The molecular weight excluding hydrogens is 280 g/mol. The van der Waals surface area contributed by atoms with E-state index in [0.717, 1.165) is 17.3 Å². The summed E-state index contributed by atoms with van der Waals surface area (Å²) in [7, 11) is 0. The molecule has 1 amide bonds. The summed E-state index contributed by atoms with van der Waals surface area (Å²) in [6, 6.07) is 13.7. The average molecular weight is 298 g/mol. The normalized spacial score (nSPS) is 11.0. The Labute approximate surface area is 128 Å². The van der Waals surface area contributed by atoms with Crippen molar-refractivity contribution in [3.8, 4) is 11.5 Å². The molecule has 4 N–H and O–H groups in total. The molecule has 0 aliphatic heterocycles. The van der Waals surface area contributed by atoms with Crippen LogP contribution in [0, 0.1) is 0 Å². The second-order valence-corrected chi connectivity index (χ2v) is 4.76. The van der Waals surface area contributed by atoms with Gasteiger partial charge in [0.05, 0.1) is 5.56 Å². The van der Waals surface area contributed by atoms with Crippen molar-refractivity contribution < 1.29 is 15.0 Å². The highest BCUT2D eigenvalue weighted by Gasteiger charge is 2.11. The van der Waals surface area contributed by atoms with Gasteiger partial charge in [0.15, 0.2) is 0 Å². The molecule has 0 bridgehead atoms. The SMILES string of the molecule is CC=C(Cc1ccccc1)NNC(=O)c1ccc(O)cc1O. The zero-order chi connectivity index (χ0) is 15.9. The number of hydrogen-bond donors (Lipinski definition) is 4. The molecule has 114 valence electrons. The van der Waals surface area contributed by atoms with Crippen molar-refractivity contribution in [1.82, 2.24) is 10.9 Å². The van der Waals surface area contributed by atoms with E-state index in [2.05, 4.69) is 10.9 Å². The molecule has 0 atom stereocenters. The molecule has 0 unspecified atom stereocenters. The Hall–Kier alpha value is -2.95. The maximum atomic E-state index is 12.0. The highest BCUT2D eigenvalue weighted by atomic mass is 16.3. The second kappa shape index (κ2) is 7.17. The van der Waals surface area contributed by atoms with E-state index < -0.39 is 5.91 Å². The Bertz CT molecular complexity index is 682. The number of benzene rings is 2. The maximum absolute atomic E-state index is 12.0. The lowest BCUT2D eigenvalue weighted by Crippen LogP contribution is -2.37. The summed E-state index contributed by atoms with van der Waals surface area (Å²) in [6.07, 6.45) is 2.52. The van der Waals surface area contributed by atoms with Gasteiger partial charge in [-0.2, -0.15) is 0 Å². The molecule has 2 aromatic carbocycles. The largest absolute Gasteiger partial charge is 0.508 e. The molecule has 0 aromatic heterocycles. The lowest BCUT2D eigenvalue weighted by molar-refractivity contribution is 0.0935. The monoisotopic (exact) mass is 298 g/mol. The molecule has 2 rings (SSSR count). The summed E-state index contributed by atoms with van der Waals surface area (Å²) >= 11 is 0. The number of carbonyl (C=O) groups is 1. The van der Waals surface area contributed by atoms with Crippen molar-refractivity contribution in [3.63, 3.8) is 0 Å². The van der Waals surface area contributed by atoms with Crippen LogP contribution < -0.4 is 10.9 Å². The zero-order valence-electron chi connectivity index (χ0n) is 12.2. The van der Waals surface area contributed by atoms with Crippen molar-refractivity contribution in [1.29, 1.82) is 0 Å². The van der Waals surface area contributed by atoms with Crippen LogP contribution in [0.25, 0.3) is 0 Å². The van der Waals surface area contributed by atoms with Gasteiger partial charge in [0.25, 0.3) is 5.91 Å². The van der Waals surface area contributed by atoms with E-state index in [1.807, 2.05) is 43.3 Å². The van der Waals surface area contributed by atoms with Crippen LogP contribution in [0.2, 0.25) is 0 Å². The maximum Gasteiger partial charge on any atom is 0.273 e. The molecule has 0 aliphatic carbocycles. The zero-order valence-corrected chi connectivity index (χ0v) is 12.2. The van der Waals surface area contributed by atoms with E-state index in [4.69, 9.17) is 0 Å². The standard InChI is InChI=1S/C17H18N2O3/c1-2-13(10-12-6-4-3-5-7-12)18-19-17(22)15-9-8-14(20)11-16(15)21/h2-9,11,18,20-21H,10H2,1H3,(H,19,22). The number of amides is 1. The van der Waals surface area contributed by atoms with E-state index >= 15 is 0 Å². The van der Waals surface area contributed by atoms with Crippen LogP contribution in [-0.4, -0.2) is 16.1 Å². The molecule has 0 saturated heterocycles. The first kappa shape index (κ1) is 15.4. The van der Waals surface area contributed by atoms with Crippen LogP contribution >= 0.6 is 0 Å². The fourth-order valence-corrected chi connectivity index (χ4v) is 1.95. The number of hydrazine groups is 1. The average Bonchev–Trinajstić information content (AvgIpc) is 2.52. The predicted octanol–water partition coefficient (Wildman–Crippen LogP) is 2.48. The summed E-state index contributed by atoms with van der Waals surface area (Å²) in [6.45, 7) is 1.87. The summed E-state index contributed by atoms with van der Waals surface area (Å²) < 4.78 is 0. The number of allylic oxidation sites excluding steroid dienone is 2. The van der Waals surface area contributed by atoms with Gasteiger partial charge in [0.2, 0.25) is 0 Å². The fraction of sp³-hybridized carbons (Fsp3) is 0.118. The second-order valence-electron chi connectivity index (χ2n) is 4.76. The minimum Gasteiger partial charge on any atom is -0.508 e. The lowest BCUT2D eigenvalue weighted by atomic mass is 10.1. The van der Waals surface area contributed by atoms with Gasteiger partial charge in [0.1, 0.15) is 11.5 Å². The number of aromatic hydroxyl groups is 2. The Kier molecular flexibility index (Phi) is 5.03. The van der Waals surface area contributed by atoms with Gasteiger partial charge in [-0.25, -0.2) is 0 Å². The first-order valence-corrected chi connectivity index (χ1v) is 6.87. The van der Waals surface area contributed by atoms with Gasteiger partial charge in [-0.3, -0.25) is 10.2 Å². The van der Waals surface area contributed by atoms with Crippen molar-refractivity contribution >= 4 is 5.91 Å². The summed E-state index contributed by atoms with van der Waals surface area (Å²) in [4.78, 5) is 12.0. The number of rotatable bonds is 5. The van der Waals surface area contributed by atoms with Gasteiger partial charge in [-0.05, 0) is 24.6 Å². The molecule has 0 spiro atoms. The van der Waals surface area contributed by atoms with Crippen molar-refractivity contribution in [3.05, 3.63) is 71.4 Å². The molecule has 0 heterocycles. The molecule has 5 nitrogen and oxygen atoms in total. The summed E-state index contributed by atoms with van der Waals surface area (Å²) in [5.41, 5.74) is 7.41. The molecule has 0 aliphatic rings. The number of phenolic OH excluding ortho intramolecular Hbond substituents is 2. The molecule has 0 fully saturated rings. The van der Waals surface area contributed by atoms with Crippen molar-refractivity contribution in [2.24, 2.45) is 0 Å². The Morgan fingerprint density at radius 2 is 1.82 bits per heavy atom. The minimum atomic E-state index is -0.482. The molecule has 2 aromatic rings. The third kappa shape index (κ3) is 4.02. The van der Waals surface area contributed by atoms with Crippen LogP contribution in [-0.2, 0) is 6.42 Å². The van der Waals surface area contributed by atoms with Gasteiger partial charge in [-0.15, -0.1) is 0 Å². The van der Waals surface area contributed by atoms with E-state index in [9.17, 15) is 15.0 Å². The molecule has 5 heteroatoms. The van der Waals surface area contributed by atoms with E-state index in [1.54, 1.807) is 0 Å². The first-order valence-electron chi connectivity index (χ1n) is 6.87. The van der Waals surface area contributed by atoms with E-state index in [0.29, 0.717) is 6.42 Å². The topological polar surface area (TPSA) is 81.6 Å². The quantitative estimate of drug-likeness (QED) is 0.639. The third-order valence-corrected chi connectivity index (χ3v) is 3.15. The molecule has 0 saturated carbocycles. The Morgan fingerprint density at radius 1 is 1.09 bits per heavy atom. The molecule has 22 heavy (non-hydrogen) atoms. The van der Waals surface area contributed by atoms with Crippen molar-refractivity contribution in [2.45, 2.75) is 13.3 Å². The van der Waals surface area contributed by atoms with Gasteiger partial charge >= 0.3 is 0 Å². The van der Waals surface area contributed by atoms with Crippen molar-refractivity contribution in [2.75, 3.05) is 0 Å². The minimum absolute atomic E-state index is 0.0838. The van der Waals surface area contributed by atoms with Crippen LogP contribution in [0.1, 0.15) is 22.8 Å². The molecule has 0 radical (unpaired) electrons. The smallest absolute Gasteiger partial charge is 0.273 e. The van der Waals surface area contributed by atoms with E-state index in [-0.39, 0.29) is 17.1 Å². The predicted molar refractivity (Wildman–Crippen MR) is 84.3 cm³/mol. The fourth-order valence-electron chi connectivity index (χ4n) is 1.95. The Balaban J connectivity index is 1.97. The van der Waals surface area contributed by atoms with Gasteiger partial charge in [-0.1, -0.05) is 36.4 Å². The highest BCUT2D eigenvalue weighted by Crippen LogP contribution is 2.22. The third-order valence-electron chi connectivity index (χ3n) is 3.15. The highest BCUT2D eigenvalue weighted by molar-refractivity contribution is 5.96. The van der Waals surface area contributed by atoms with E-state index in [1.165, 1.54) is 12.1 Å². The lowest BCUT2D eigenvalue weighted by Gasteiger charge is -2.13. The Morgan fingerprint density at radius 3 is 2.45 bits per heavy atom. The summed E-state index contributed by atoms with van der Waals surface area (Å²) in [5.74, 6) is -0.852. The number of hydrogen-bond acceptors (Lipinski definition) is 4. The van der Waals surface area contributed by atoms with Crippen LogP contribution in [0.3, 0.4) is 0 Å². The number of nitrogens with one attached hydrogen (secondary N) is 2. The van der Waals surface area contributed by atoms with Crippen LogP contribution in [0.15, 0.2) is 60.3 Å².